The van der Waals surface area contributed by atoms with Crippen molar-refractivity contribution in [3.8, 4) is 5.75 Å². The molecule has 0 spiro atoms. The van der Waals surface area contributed by atoms with Crippen molar-refractivity contribution >= 4 is 5.91 Å². The number of likely N-dealkylation sites (tertiary alicyclic amines) is 1. The van der Waals surface area contributed by atoms with Crippen LogP contribution in [0.4, 0.5) is 13.2 Å². The van der Waals surface area contributed by atoms with Crippen LogP contribution in [0.5, 0.6) is 5.75 Å². The van der Waals surface area contributed by atoms with Gasteiger partial charge in [0.25, 0.3) is 5.91 Å². The monoisotopic (exact) mass is 275 g/mol. The molecule has 0 unspecified atom stereocenters. The number of nitrogens with zero attached hydrogens (tertiary/aromatic N) is 1. The minimum atomic E-state index is -4.75. The van der Waals surface area contributed by atoms with Gasteiger partial charge in [-0.3, -0.25) is 4.79 Å². The SMILES string of the molecule is O=C(c1ccc(OC(F)(F)F)cc1)N1CC[C@H](O)C1. The zero-order valence-electron chi connectivity index (χ0n) is 9.85. The van der Waals surface area contributed by atoms with E-state index >= 15 is 0 Å². The first-order chi connectivity index (χ1) is 8.85. The third kappa shape index (κ3) is 3.60. The first-order valence-corrected chi connectivity index (χ1v) is 5.68. The van der Waals surface area contributed by atoms with Crippen LogP contribution in [0.25, 0.3) is 0 Å². The highest BCUT2D eigenvalue weighted by Crippen LogP contribution is 2.23. The fourth-order valence-electron chi connectivity index (χ4n) is 1.91. The van der Waals surface area contributed by atoms with E-state index in [9.17, 15) is 23.1 Å². The molecule has 1 aromatic rings. The number of benzene rings is 1. The van der Waals surface area contributed by atoms with Gasteiger partial charge in [-0.2, -0.15) is 0 Å². The van der Waals surface area contributed by atoms with Crippen molar-refractivity contribution in [2.24, 2.45) is 0 Å². The summed E-state index contributed by atoms with van der Waals surface area (Å²) in [5, 5.41) is 9.33. The second-order valence-electron chi connectivity index (χ2n) is 4.27. The van der Waals surface area contributed by atoms with Crippen molar-refractivity contribution < 1.29 is 27.8 Å². The fourth-order valence-corrected chi connectivity index (χ4v) is 1.91. The summed E-state index contributed by atoms with van der Waals surface area (Å²) in [6.07, 6.45) is -4.76. The van der Waals surface area contributed by atoms with Gasteiger partial charge in [-0.25, -0.2) is 0 Å². The lowest BCUT2D eigenvalue weighted by molar-refractivity contribution is -0.274. The van der Waals surface area contributed by atoms with Crippen LogP contribution < -0.4 is 4.74 Å². The zero-order chi connectivity index (χ0) is 14.0. The molecule has 19 heavy (non-hydrogen) atoms. The van der Waals surface area contributed by atoms with Crippen LogP contribution in [0.2, 0.25) is 0 Å². The topological polar surface area (TPSA) is 49.8 Å². The second-order valence-corrected chi connectivity index (χ2v) is 4.27. The number of aliphatic hydroxyl groups is 1. The Hall–Kier alpha value is -1.76. The average molecular weight is 275 g/mol. The standard InChI is InChI=1S/C12H12F3NO3/c13-12(14,15)19-10-3-1-8(2-4-10)11(18)16-6-5-9(17)7-16/h1-4,9,17H,5-7H2/t9-/m0/s1. The van der Waals surface area contributed by atoms with E-state index < -0.39 is 12.5 Å². The maximum atomic E-state index is 12.0. The second kappa shape index (κ2) is 5.08. The van der Waals surface area contributed by atoms with Crippen molar-refractivity contribution in [3.05, 3.63) is 29.8 Å². The summed E-state index contributed by atoms with van der Waals surface area (Å²) in [5.41, 5.74) is 0.267. The molecule has 1 heterocycles. The van der Waals surface area contributed by atoms with Gasteiger partial charge >= 0.3 is 6.36 Å². The first-order valence-electron chi connectivity index (χ1n) is 5.68. The van der Waals surface area contributed by atoms with Gasteiger partial charge in [0.2, 0.25) is 0 Å². The van der Waals surface area contributed by atoms with E-state index in [1.54, 1.807) is 0 Å². The Bertz CT molecular complexity index is 458. The molecule has 1 aromatic carbocycles. The Morgan fingerprint density at radius 2 is 1.95 bits per heavy atom. The lowest BCUT2D eigenvalue weighted by Crippen LogP contribution is -2.29. The van der Waals surface area contributed by atoms with Crippen LogP contribution in [0.1, 0.15) is 16.8 Å². The quantitative estimate of drug-likeness (QED) is 0.895. The van der Waals surface area contributed by atoms with Crippen molar-refractivity contribution in [1.29, 1.82) is 0 Å². The smallest absolute Gasteiger partial charge is 0.406 e. The number of amides is 1. The molecule has 1 aliphatic heterocycles. The van der Waals surface area contributed by atoms with E-state index in [2.05, 4.69) is 4.74 Å². The molecule has 4 nitrogen and oxygen atoms in total. The maximum Gasteiger partial charge on any atom is 0.573 e. The van der Waals surface area contributed by atoms with E-state index in [1.807, 2.05) is 0 Å². The lowest BCUT2D eigenvalue weighted by atomic mass is 10.2. The number of aliphatic hydroxyl groups excluding tert-OH is 1. The maximum absolute atomic E-state index is 12.0. The van der Waals surface area contributed by atoms with Crippen LogP contribution >= 0.6 is 0 Å². The van der Waals surface area contributed by atoms with Gasteiger partial charge in [-0.1, -0.05) is 0 Å². The summed E-state index contributed by atoms with van der Waals surface area (Å²) in [5.74, 6) is -0.680. The molecule has 1 N–H and O–H groups in total. The van der Waals surface area contributed by atoms with Gasteiger partial charge in [-0.05, 0) is 30.7 Å². The molecular formula is C12H12F3NO3. The minimum absolute atomic E-state index is 0.250. The fraction of sp³-hybridized carbons (Fsp3) is 0.417. The number of carbonyl (C=O) groups is 1. The Morgan fingerprint density at radius 1 is 1.32 bits per heavy atom. The normalized spacial score (nSPS) is 19.6. The molecule has 2 rings (SSSR count). The van der Waals surface area contributed by atoms with Crippen molar-refractivity contribution in [2.75, 3.05) is 13.1 Å². The van der Waals surface area contributed by atoms with Crippen LogP contribution in [-0.4, -0.2) is 41.5 Å². The summed E-state index contributed by atoms with van der Waals surface area (Å²) in [7, 11) is 0. The molecule has 1 amide bonds. The van der Waals surface area contributed by atoms with Crippen LogP contribution in [0.3, 0.4) is 0 Å². The Labute approximate surface area is 107 Å². The molecule has 1 atom stereocenters. The Morgan fingerprint density at radius 3 is 2.42 bits per heavy atom. The lowest BCUT2D eigenvalue weighted by Gasteiger charge is -2.15. The third-order valence-corrected chi connectivity index (χ3v) is 2.79. The average Bonchev–Trinajstić information content (AvgIpc) is 2.74. The van der Waals surface area contributed by atoms with E-state index in [-0.39, 0.29) is 23.8 Å². The molecule has 7 heteroatoms. The predicted molar refractivity (Wildman–Crippen MR) is 59.7 cm³/mol. The molecule has 104 valence electrons. The van der Waals surface area contributed by atoms with Crippen molar-refractivity contribution in [2.45, 2.75) is 18.9 Å². The molecular weight excluding hydrogens is 263 g/mol. The van der Waals surface area contributed by atoms with Gasteiger partial charge in [0.1, 0.15) is 5.75 Å². The predicted octanol–water partition coefficient (Wildman–Crippen LogP) is 1.79. The number of hydrogen-bond acceptors (Lipinski definition) is 3. The van der Waals surface area contributed by atoms with Crippen LogP contribution in [-0.2, 0) is 0 Å². The Balaban J connectivity index is 2.04. The number of ether oxygens (including phenoxy) is 1. The summed E-state index contributed by atoms with van der Waals surface area (Å²) in [4.78, 5) is 13.4. The first kappa shape index (κ1) is 13.7. The number of carbonyl (C=O) groups excluding carboxylic acids is 1. The molecule has 0 saturated carbocycles. The Kier molecular flexibility index (Phi) is 3.66. The van der Waals surface area contributed by atoms with Gasteiger partial charge in [0, 0.05) is 18.7 Å². The highest BCUT2D eigenvalue weighted by Gasteiger charge is 2.31. The summed E-state index contributed by atoms with van der Waals surface area (Å²) in [6.45, 7) is 0.695. The van der Waals surface area contributed by atoms with E-state index in [0.29, 0.717) is 13.0 Å². The van der Waals surface area contributed by atoms with Crippen LogP contribution in [0.15, 0.2) is 24.3 Å². The number of hydrogen-bond donors (Lipinski definition) is 1. The third-order valence-electron chi connectivity index (χ3n) is 2.79. The molecule has 1 fully saturated rings. The van der Waals surface area contributed by atoms with Gasteiger partial charge in [0.05, 0.1) is 6.10 Å². The number of alkyl halides is 3. The van der Waals surface area contributed by atoms with Gasteiger partial charge in [-0.15, -0.1) is 13.2 Å². The molecule has 0 aromatic heterocycles. The van der Waals surface area contributed by atoms with E-state index in [4.69, 9.17) is 0 Å². The van der Waals surface area contributed by atoms with Crippen molar-refractivity contribution in [1.82, 2.24) is 4.90 Å². The molecule has 1 aliphatic rings. The summed E-state index contributed by atoms with van der Waals surface area (Å²) >= 11 is 0. The van der Waals surface area contributed by atoms with Crippen molar-refractivity contribution in [3.63, 3.8) is 0 Å². The number of β-amino-alcohol motifs (C(OH)–C–C–N with tert-alkyl or cyclic N) is 1. The highest BCUT2D eigenvalue weighted by atomic mass is 19.4. The summed E-state index contributed by atoms with van der Waals surface area (Å²) < 4.78 is 39.6. The van der Waals surface area contributed by atoms with E-state index in [0.717, 1.165) is 12.1 Å². The number of rotatable bonds is 2. The van der Waals surface area contributed by atoms with Gasteiger partial charge in [0.15, 0.2) is 0 Å². The minimum Gasteiger partial charge on any atom is -0.406 e. The largest absolute Gasteiger partial charge is 0.573 e. The van der Waals surface area contributed by atoms with Gasteiger partial charge < -0.3 is 14.7 Å². The molecule has 0 radical (unpaired) electrons. The zero-order valence-corrected chi connectivity index (χ0v) is 9.85. The number of halogens is 3. The molecule has 0 bridgehead atoms. The summed E-state index contributed by atoms with van der Waals surface area (Å²) in [6, 6.07) is 4.72. The van der Waals surface area contributed by atoms with E-state index in [1.165, 1.54) is 17.0 Å². The molecule has 1 saturated heterocycles. The molecule has 0 aliphatic carbocycles. The highest BCUT2D eigenvalue weighted by molar-refractivity contribution is 5.94. The van der Waals surface area contributed by atoms with Crippen LogP contribution in [0, 0.1) is 0 Å².